The third-order valence-corrected chi connectivity index (χ3v) is 4.95. The van der Waals surface area contributed by atoms with Gasteiger partial charge in [-0.05, 0) is 48.5 Å². The van der Waals surface area contributed by atoms with Gasteiger partial charge in [0.25, 0.3) is 0 Å². The molecule has 0 heterocycles. The van der Waals surface area contributed by atoms with Crippen LogP contribution in [0.15, 0.2) is 58.3 Å². The summed E-state index contributed by atoms with van der Waals surface area (Å²) >= 11 is 0. The first-order chi connectivity index (χ1) is 12.0. The number of primary sulfonamides is 2. The van der Waals surface area contributed by atoms with Crippen LogP contribution in [-0.2, 0) is 29.6 Å². The number of amides is 2. The summed E-state index contributed by atoms with van der Waals surface area (Å²) in [5.74, 6) is -2.02. The largest absolute Gasteiger partial charge is 0.318 e. The monoisotopic (exact) mass is 398 g/mol. The second kappa shape index (κ2) is 7.21. The topological polar surface area (TPSA) is 179 Å². The number of rotatable bonds is 4. The number of benzene rings is 2. The molecular formula is C14H14N4O6S2. The van der Waals surface area contributed by atoms with Gasteiger partial charge in [-0.2, -0.15) is 0 Å². The Bertz CT molecular complexity index is 958. The van der Waals surface area contributed by atoms with E-state index in [4.69, 9.17) is 10.3 Å². The van der Waals surface area contributed by atoms with Crippen molar-refractivity contribution in [2.75, 3.05) is 10.6 Å². The van der Waals surface area contributed by atoms with E-state index in [1.54, 1.807) is 0 Å². The summed E-state index contributed by atoms with van der Waals surface area (Å²) in [5.41, 5.74) is 0.365. The third-order valence-electron chi connectivity index (χ3n) is 3.09. The Morgan fingerprint density at radius 3 is 1.12 bits per heavy atom. The minimum atomic E-state index is -3.86. The highest BCUT2D eigenvalue weighted by Crippen LogP contribution is 2.14. The first-order valence-electron chi connectivity index (χ1n) is 6.85. The Balaban J connectivity index is 2.02. The molecular weight excluding hydrogens is 384 g/mol. The fraction of sp³-hybridized carbons (Fsp3) is 0. The number of nitrogens with one attached hydrogen (secondary N) is 2. The van der Waals surface area contributed by atoms with Gasteiger partial charge < -0.3 is 10.6 Å². The van der Waals surface area contributed by atoms with Gasteiger partial charge in [-0.25, -0.2) is 27.1 Å². The minimum absolute atomic E-state index is 0.144. The van der Waals surface area contributed by atoms with Crippen LogP contribution < -0.4 is 20.9 Å². The molecule has 2 aromatic rings. The minimum Gasteiger partial charge on any atom is -0.318 e. The SMILES string of the molecule is NS(=O)(=O)c1ccc(NC(=O)C(=O)Nc2ccc(S(N)(=O)=O)cc2)cc1. The lowest BCUT2D eigenvalue weighted by atomic mass is 10.3. The Morgan fingerprint density at radius 1 is 0.615 bits per heavy atom. The van der Waals surface area contributed by atoms with Gasteiger partial charge in [-0.3, -0.25) is 9.59 Å². The standard InChI is InChI=1S/C14H14N4O6S2/c15-25(21,22)11-5-1-9(2-6-11)17-13(19)14(20)18-10-3-7-12(8-4-10)26(16,23)24/h1-8H,(H,17,19)(H,18,20)(H2,15,21,22)(H2,16,23,24). The van der Waals surface area contributed by atoms with E-state index in [0.29, 0.717) is 0 Å². The Morgan fingerprint density at radius 2 is 0.885 bits per heavy atom. The molecule has 0 fully saturated rings. The zero-order valence-electron chi connectivity index (χ0n) is 13.0. The highest BCUT2D eigenvalue weighted by molar-refractivity contribution is 7.89. The number of sulfonamides is 2. The molecule has 0 bridgehead atoms. The lowest BCUT2D eigenvalue weighted by Crippen LogP contribution is -2.29. The normalized spacial score (nSPS) is 11.6. The van der Waals surface area contributed by atoms with E-state index in [2.05, 4.69) is 10.6 Å². The van der Waals surface area contributed by atoms with Gasteiger partial charge in [0, 0.05) is 11.4 Å². The number of hydrogen-bond donors (Lipinski definition) is 4. The molecule has 0 radical (unpaired) electrons. The molecule has 0 saturated heterocycles. The van der Waals surface area contributed by atoms with Crippen molar-refractivity contribution < 1.29 is 26.4 Å². The van der Waals surface area contributed by atoms with E-state index in [1.807, 2.05) is 0 Å². The van der Waals surface area contributed by atoms with Gasteiger partial charge in [-0.1, -0.05) is 0 Å². The van der Waals surface area contributed by atoms with Gasteiger partial charge in [0.15, 0.2) is 0 Å². The number of carbonyl (C=O) groups excluding carboxylic acids is 2. The van der Waals surface area contributed by atoms with Crippen LogP contribution >= 0.6 is 0 Å². The maximum Gasteiger partial charge on any atom is 0.314 e. The quantitative estimate of drug-likeness (QED) is 0.507. The van der Waals surface area contributed by atoms with Crippen molar-refractivity contribution in [3.63, 3.8) is 0 Å². The van der Waals surface area contributed by atoms with Gasteiger partial charge in [-0.15, -0.1) is 0 Å². The number of carbonyl (C=O) groups is 2. The van der Waals surface area contributed by atoms with Crippen LogP contribution in [0, 0.1) is 0 Å². The molecule has 2 aromatic carbocycles. The van der Waals surface area contributed by atoms with Crippen molar-refractivity contribution in [3.05, 3.63) is 48.5 Å². The fourth-order valence-corrected chi connectivity index (χ4v) is 2.86. The fourth-order valence-electron chi connectivity index (χ4n) is 1.83. The average Bonchev–Trinajstić information content (AvgIpc) is 2.54. The maximum atomic E-state index is 11.8. The van der Waals surface area contributed by atoms with Crippen molar-refractivity contribution in [3.8, 4) is 0 Å². The van der Waals surface area contributed by atoms with E-state index in [-0.39, 0.29) is 21.2 Å². The zero-order chi connectivity index (χ0) is 19.5. The van der Waals surface area contributed by atoms with Crippen LogP contribution in [0.2, 0.25) is 0 Å². The highest BCUT2D eigenvalue weighted by atomic mass is 32.2. The number of nitrogens with two attached hydrogens (primary N) is 2. The van der Waals surface area contributed by atoms with Gasteiger partial charge in [0.05, 0.1) is 9.79 Å². The first-order valence-corrected chi connectivity index (χ1v) is 9.94. The van der Waals surface area contributed by atoms with E-state index in [1.165, 1.54) is 48.5 Å². The van der Waals surface area contributed by atoms with Crippen LogP contribution in [0.1, 0.15) is 0 Å². The molecule has 0 aliphatic carbocycles. The molecule has 2 amide bonds. The van der Waals surface area contributed by atoms with Crippen LogP contribution in [0.4, 0.5) is 11.4 Å². The summed E-state index contributed by atoms with van der Waals surface area (Å²) in [5, 5.41) is 14.5. The van der Waals surface area contributed by atoms with Gasteiger partial charge in [0.1, 0.15) is 0 Å². The van der Waals surface area contributed by atoms with Crippen molar-refractivity contribution in [2.24, 2.45) is 10.3 Å². The van der Waals surface area contributed by atoms with Crippen molar-refractivity contribution in [1.82, 2.24) is 0 Å². The molecule has 0 aliphatic rings. The van der Waals surface area contributed by atoms with E-state index >= 15 is 0 Å². The predicted octanol–water partition coefficient (Wildman–Crippen LogP) is -0.441. The van der Waals surface area contributed by atoms with Crippen LogP contribution in [0.5, 0.6) is 0 Å². The Labute approximate surface area is 149 Å². The predicted molar refractivity (Wildman–Crippen MR) is 92.9 cm³/mol. The molecule has 0 unspecified atom stereocenters. The summed E-state index contributed by atoms with van der Waals surface area (Å²) in [6, 6.07) is 9.78. The summed E-state index contributed by atoms with van der Waals surface area (Å²) in [4.78, 5) is 23.4. The highest BCUT2D eigenvalue weighted by Gasteiger charge is 2.15. The van der Waals surface area contributed by atoms with Crippen LogP contribution in [0.25, 0.3) is 0 Å². The van der Waals surface area contributed by atoms with E-state index < -0.39 is 31.9 Å². The second-order valence-electron chi connectivity index (χ2n) is 5.05. The molecule has 0 saturated carbocycles. The zero-order valence-corrected chi connectivity index (χ0v) is 14.7. The number of hydrogen-bond acceptors (Lipinski definition) is 6. The van der Waals surface area contributed by atoms with Gasteiger partial charge in [0.2, 0.25) is 20.0 Å². The molecule has 2 rings (SSSR count). The van der Waals surface area contributed by atoms with Crippen molar-refractivity contribution >= 4 is 43.2 Å². The molecule has 10 nitrogen and oxygen atoms in total. The van der Waals surface area contributed by atoms with Gasteiger partial charge >= 0.3 is 11.8 Å². The summed E-state index contributed by atoms with van der Waals surface area (Å²) in [6.07, 6.45) is 0. The molecule has 0 atom stereocenters. The molecule has 0 aliphatic heterocycles. The molecule has 138 valence electrons. The smallest absolute Gasteiger partial charge is 0.314 e. The molecule has 12 heteroatoms. The Kier molecular flexibility index (Phi) is 5.41. The number of anilines is 2. The van der Waals surface area contributed by atoms with Crippen molar-refractivity contribution in [2.45, 2.75) is 9.79 Å². The molecule has 6 N–H and O–H groups in total. The Hall–Kier alpha value is -2.80. The van der Waals surface area contributed by atoms with E-state index in [0.717, 1.165) is 0 Å². The summed E-state index contributed by atoms with van der Waals surface area (Å²) in [6.45, 7) is 0. The first kappa shape index (κ1) is 19.5. The van der Waals surface area contributed by atoms with Crippen LogP contribution in [0.3, 0.4) is 0 Å². The van der Waals surface area contributed by atoms with Crippen LogP contribution in [-0.4, -0.2) is 28.6 Å². The average molecular weight is 398 g/mol. The molecule has 0 aromatic heterocycles. The lowest BCUT2D eigenvalue weighted by molar-refractivity contribution is -0.132. The molecule has 0 spiro atoms. The van der Waals surface area contributed by atoms with Crippen molar-refractivity contribution in [1.29, 1.82) is 0 Å². The summed E-state index contributed by atoms with van der Waals surface area (Å²) < 4.78 is 44.6. The lowest BCUT2D eigenvalue weighted by Gasteiger charge is -2.07. The maximum absolute atomic E-state index is 11.8. The summed E-state index contributed by atoms with van der Waals surface area (Å²) in [7, 11) is -7.73. The molecule has 26 heavy (non-hydrogen) atoms. The third kappa shape index (κ3) is 5.10. The second-order valence-corrected chi connectivity index (χ2v) is 8.17. The van der Waals surface area contributed by atoms with E-state index in [9.17, 15) is 26.4 Å².